The molecule has 0 bridgehead atoms. The van der Waals surface area contributed by atoms with Crippen LogP contribution in [0.5, 0.6) is 0 Å². The topological polar surface area (TPSA) is 83.5 Å². The van der Waals surface area contributed by atoms with Crippen molar-refractivity contribution in [2.24, 2.45) is 10.9 Å². The van der Waals surface area contributed by atoms with E-state index >= 15 is 0 Å². The highest BCUT2D eigenvalue weighted by atomic mass is 16.4. The van der Waals surface area contributed by atoms with Gasteiger partial charge in [-0.2, -0.15) is 0 Å². The molecule has 5 nitrogen and oxygen atoms in total. The highest BCUT2D eigenvalue weighted by Gasteiger charge is 2.01. The Bertz CT molecular complexity index is 409. The molecule has 0 aliphatic rings. The van der Waals surface area contributed by atoms with Crippen molar-refractivity contribution in [2.75, 3.05) is 6.54 Å². The number of oxime groups is 1. The minimum Gasteiger partial charge on any atom is -0.409 e. The van der Waals surface area contributed by atoms with Gasteiger partial charge in [-0.05, 0) is 17.7 Å². The van der Waals surface area contributed by atoms with Gasteiger partial charge in [0.15, 0.2) is 5.84 Å². The highest BCUT2D eigenvalue weighted by Crippen LogP contribution is 2.01. The average Bonchev–Trinajstić information content (AvgIpc) is 2.34. The molecule has 0 fully saturated rings. The smallest absolute Gasteiger partial charge is 0.188 e. The van der Waals surface area contributed by atoms with Gasteiger partial charge in [-0.3, -0.25) is 4.98 Å². The average molecular weight is 218 g/mol. The maximum Gasteiger partial charge on any atom is 0.188 e. The van der Waals surface area contributed by atoms with Crippen LogP contribution in [0, 0.1) is 12.3 Å². The van der Waals surface area contributed by atoms with Crippen LogP contribution in [0.15, 0.2) is 23.5 Å². The second kappa shape index (κ2) is 6.43. The molecular weight excluding hydrogens is 204 g/mol. The van der Waals surface area contributed by atoms with E-state index in [2.05, 4.69) is 21.4 Å². The molecule has 16 heavy (non-hydrogen) atoms. The molecule has 0 aliphatic heterocycles. The summed E-state index contributed by atoms with van der Waals surface area (Å²) in [6, 6.07) is 3.62. The predicted octanol–water partition coefficient (Wildman–Crippen LogP) is 0.289. The van der Waals surface area contributed by atoms with Gasteiger partial charge in [0.2, 0.25) is 0 Å². The summed E-state index contributed by atoms with van der Waals surface area (Å²) in [6.07, 6.45) is 7.44. The Morgan fingerprint density at radius 1 is 1.69 bits per heavy atom. The van der Waals surface area contributed by atoms with Crippen LogP contribution in [0.3, 0.4) is 0 Å². The lowest BCUT2D eigenvalue weighted by atomic mass is 10.2. The number of terminal acetylenes is 1. The number of aromatic nitrogens is 1. The molecule has 0 unspecified atom stereocenters. The molecule has 0 aliphatic carbocycles. The molecule has 0 aromatic carbocycles. The Morgan fingerprint density at radius 2 is 2.50 bits per heavy atom. The number of nitrogens with one attached hydrogen (secondary N) is 1. The second-order valence-electron chi connectivity index (χ2n) is 3.17. The molecule has 0 radical (unpaired) electrons. The van der Waals surface area contributed by atoms with Crippen molar-refractivity contribution in [3.05, 3.63) is 29.6 Å². The second-order valence-corrected chi connectivity index (χ2v) is 3.17. The van der Waals surface area contributed by atoms with E-state index in [-0.39, 0.29) is 5.84 Å². The Morgan fingerprint density at radius 3 is 3.19 bits per heavy atom. The minimum absolute atomic E-state index is 0.00507. The lowest BCUT2D eigenvalue weighted by Crippen LogP contribution is -2.17. The molecule has 84 valence electrons. The van der Waals surface area contributed by atoms with E-state index in [0.717, 1.165) is 12.1 Å². The summed E-state index contributed by atoms with van der Waals surface area (Å²) in [6.45, 7) is 1.44. The van der Waals surface area contributed by atoms with E-state index in [0.29, 0.717) is 18.7 Å². The fourth-order valence-electron chi connectivity index (χ4n) is 1.17. The summed E-state index contributed by atoms with van der Waals surface area (Å²) >= 11 is 0. The number of nitrogens with two attached hydrogens (primary N) is 1. The van der Waals surface area contributed by atoms with Crippen LogP contribution in [0.4, 0.5) is 0 Å². The van der Waals surface area contributed by atoms with Crippen LogP contribution >= 0.6 is 0 Å². The van der Waals surface area contributed by atoms with Gasteiger partial charge < -0.3 is 16.3 Å². The van der Waals surface area contributed by atoms with E-state index in [1.165, 1.54) is 0 Å². The monoisotopic (exact) mass is 218 g/mol. The summed E-state index contributed by atoms with van der Waals surface area (Å²) in [7, 11) is 0. The minimum atomic E-state index is 0.00507. The van der Waals surface area contributed by atoms with Gasteiger partial charge >= 0.3 is 0 Å². The molecule has 0 amide bonds. The number of hydrogen-bond donors (Lipinski definition) is 3. The molecule has 1 heterocycles. The Labute approximate surface area is 94.4 Å². The fourth-order valence-corrected chi connectivity index (χ4v) is 1.17. The maximum atomic E-state index is 8.51. The third-order valence-corrected chi connectivity index (χ3v) is 1.97. The largest absolute Gasteiger partial charge is 0.409 e. The quantitative estimate of drug-likeness (QED) is 0.166. The van der Waals surface area contributed by atoms with Crippen molar-refractivity contribution >= 4 is 5.84 Å². The molecular formula is C11H14N4O. The Kier molecular flexibility index (Phi) is 4.83. The molecule has 0 spiro atoms. The lowest BCUT2D eigenvalue weighted by Gasteiger charge is -2.04. The third-order valence-electron chi connectivity index (χ3n) is 1.97. The zero-order valence-corrected chi connectivity index (χ0v) is 8.85. The van der Waals surface area contributed by atoms with Crippen molar-refractivity contribution in [3.8, 4) is 12.3 Å². The van der Waals surface area contributed by atoms with E-state index in [4.69, 9.17) is 17.4 Å². The fraction of sp³-hybridized carbons (Fsp3) is 0.273. The van der Waals surface area contributed by atoms with Gasteiger partial charge in [-0.25, -0.2) is 0 Å². The first-order chi connectivity index (χ1) is 7.77. The summed E-state index contributed by atoms with van der Waals surface area (Å²) in [5, 5.41) is 14.6. The van der Waals surface area contributed by atoms with Crippen LogP contribution in [0.1, 0.15) is 17.7 Å². The third kappa shape index (κ3) is 3.59. The summed E-state index contributed by atoms with van der Waals surface area (Å²) in [4.78, 5) is 3.98. The lowest BCUT2D eigenvalue weighted by molar-refractivity contribution is 0.318. The van der Waals surface area contributed by atoms with E-state index in [1.807, 2.05) is 6.07 Å². The summed E-state index contributed by atoms with van der Waals surface area (Å²) in [5.74, 6) is 2.55. The summed E-state index contributed by atoms with van der Waals surface area (Å²) in [5.41, 5.74) is 6.90. The number of rotatable bonds is 5. The van der Waals surface area contributed by atoms with Crippen LogP contribution in [-0.2, 0) is 6.54 Å². The molecule has 0 saturated carbocycles. The van der Waals surface area contributed by atoms with Crippen LogP contribution < -0.4 is 11.1 Å². The number of pyridine rings is 1. The van der Waals surface area contributed by atoms with Gasteiger partial charge in [0.1, 0.15) is 5.69 Å². The van der Waals surface area contributed by atoms with Gasteiger partial charge in [0, 0.05) is 25.7 Å². The van der Waals surface area contributed by atoms with E-state index < -0.39 is 0 Å². The van der Waals surface area contributed by atoms with Crippen molar-refractivity contribution < 1.29 is 5.21 Å². The first-order valence-corrected chi connectivity index (χ1v) is 4.85. The highest BCUT2D eigenvalue weighted by molar-refractivity contribution is 5.95. The SMILES string of the molecule is C#CCCNCc1ccnc(C(N)=NO)c1. The van der Waals surface area contributed by atoms with Crippen LogP contribution in [0.25, 0.3) is 0 Å². The Hall–Kier alpha value is -2.06. The number of amidine groups is 1. The number of hydrogen-bond acceptors (Lipinski definition) is 4. The molecule has 1 rings (SSSR count). The first-order valence-electron chi connectivity index (χ1n) is 4.85. The van der Waals surface area contributed by atoms with Crippen molar-refractivity contribution in [2.45, 2.75) is 13.0 Å². The van der Waals surface area contributed by atoms with Gasteiger partial charge in [-0.15, -0.1) is 12.3 Å². The zero-order valence-electron chi connectivity index (χ0n) is 8.85. The van der Waals surface area contributed by atoms with Gasteiger partial charge in [-0.1, -0.05) is 5.16 Å². The maximum absolute atomic E-state index is 8.51. The first kappa shape index (κ1) is 12.0. The van der Waals surface area contributed by atoms with E-state index in [9.17, 15) is 0 Å². The van der Waals surface area contributed by atoms with Gasteiger partial charge in [0.05, 0.1) is 0 Å². The van der Waals surface area contributed by atoms with Crippen LogP contribution in [0.2, 0.25) is 0 Å². The van der Waals surface area contributed by atoms with Crippen molar-refractivity contribution in [1.82, 2.24) is 10.3 Å². The normalized spacial score (nSPS) is 11.1. The predicted molar refractivity (Wildman–Crippen MR) is 61.9 cm³/mol. The summed E-state index contributed by atoms with van der Waals surface area (Å²) < 4.78 is 0. The molecule has 1 aromatic rings. The molecule has 0 saturated heterocycles. The van der Waals surface area contributed by atoms with Gasteiger partial charge in [0.25, 0.3) is 0 Å². The van der Waals surface area contributed by atoms with Crippen LogP contribution in [-0.4, -0.2) is 22.6 Å². The standard InChI is InChI=1S/C11H14N4O/c1-2-3-5-13-8-9-4-6-14-10(7-9)11(12)15-16/h1,4,6-7,13,16H,3,5,8H2,(H2,12,15). The number of nitrogens with zero attached hydrogens (tertiary/aromatic N) is 2. The molecule has 1 aromatic heterocycles. The van der Waals surface area contributed by atoms with E-state index in [1.54, 1.807) is 12.3 Å². The van der Waals surface area contributed by atoms with Crippen molar-refractivity contribution in [1.29, 1.82) is 0 Å². The zero-order chi connectivity index (χ0) is 11.8. The Balaban J connectivity index is 2.58. The molecule has 5 heteroatoms. The molecule has 0 atom stereocenters. The van der Waals surface area contributed by atoms with Crippen molar-refractivity contribution in [3.63, 3.8) is 0 Å². The molecule has 4 N–H and O–H groups in total.